The van der Waals surface area contributed by atoms with Crippen LogP contribution in [-0.2, 0) is 28.6 Å². The molecule has 1 fully saturated rings. The number of rotatable bonds is 9. The third-order valence-corrected chi connectivity index (χ3v) is 5.90. The maximum absolute atomic E-state index is 12.2. The molecule has 0 radical (unpaired) electrons. The summed E-state index contributed by atoms with van der Waals surface area (Å²) in [7, 11) is -3.90. The fourth-order valence-corrected chi connectivity index (χ4v) is 3.98. The normalized spacial score (nSPS) is 21.6. The molecule has 0 saturated heterocycles. The molecule has 1 aromatic carbocycles. The van der Waals surface area contributed by atoms with E-state index in [4.69, 9.17) is 13.7 Å². The van der Waals surface area contributed by atoms with Crippen molar-refractivity contribution in [2.45, 2.75) is 56.6 Å². The summed E-state index contributed by atoms with van der Waals surface area (Å²) < 4.78 is 40.3. The van der Waals surface area contributed by atoms with Crippen LogP contribution in [0, 0.1) is 12.8 Å². The summed E-state index contributed by atoms with van der Waals surface area (Å²) in [5.74, 6) is -0.294. The molecule has 1 N–H and O–H groups in total. The summed E-state index contributed by atoms with van der Waals surface area (Å²) in [5.41, 5.74) is 0.948. The number of hydrogen-bond acceptors (Lipinski definition) is 7. The Morgan fingerprint density at radius 3 is 2.37 bits per heavy atom. The summed E-state index contributed by atoms with van der Waals surface area (Å²) >= 11 is 0. The van der Waals surface area contributed by atoms with E-state index in [0.29, 0.717) is 32.3 Å². The van der Waals surface area contributed by atoms with Gasteiger partial charge in [-0.2, -0.15) is 8.42 Å². The minimum absolute atomic E-state index is 0.0692. The third kappa shape index (κ3) is 6.57. The number of carbonyl (C=O) groups is 1. The van der Waals surface area contributed by atoms with Crippen molar-refractivity contribution >= 4 is 16.1 Å². The van der Waals surface area contributed by atoms with Gasteiger partial charge in [-0.05, 0) is 51.7 Å². The highest BCUT2D eigenvalue weighted by molar-refractivity contribution is 7.86. The molecule has 0 aliphatic heterocycles. The molecule has 1 aliphatic carbocycles. The van der Waals surface area contributed by atoms with Crippen molar-refractivity contribution in [1.29, 1.82) is 0 Å². The third-order valence-electron chi connectivity index (χ3n) is 4.60. The van der Waals surface area contributed by atoms with Crippen molar-refractivity contribution in [3.05, 3.63) is 29.8 Å². The summed E-state index contributed by atoms with van der Waals surface area (Å²) in [6.45, 7) is 3.41. The standard InChI is InChI=1S/C19H28O7S/c1-3-24-19(21)15-6-8-16(9-7-15)26-17(12-20)13-25-27(22,23)18-10-4-14(2)5-11-18/h4-5,10-11,15-17,20H,3,6-9,12-13H2,1-2H3. The van der Waals surface area contributed by atoms with Crippen molar-refractivity contribution in [2.24, 2.45) is 5.92 Å². The van der Waals surface area contributed by atoms with Gasteiger partial charge in [-0.1, -0.05) is 17.7 Å². The largest absolute Gasteiger partial charge is 0.466 e. The zero-order valence-corrected chi connectivity index (χ0v) is 16.6. The van der Waals surface area contributed by atoms with Gasteiger partial charge in [0.05, 0.1) is 36.7 Å². The Labute approximate surface area is 160 Å². The number of ether oxygens (including phenoxy) is 2. The van der Waals surface area contributed by atoms with E-state index in [9.17, 15) is 18.3 Å². The molecule has 2 rings (SSSR count). The predicted molar refractivity (Wildman–Crippen MR) is 98.7 cm³/mol. The van der Waals surface area contributed by atoms with Gasteiger partial charge in [-0.15, -0.1) is 0 Å². The molecule has 1 atom stereocenters. The summed E-state index contributed by atoms with van der Waals surface area (Å²) in [5, 5.41) is 9.50. The molecule has 0 spiro atoms. The van der Waals surface area contributed by atoms with Crippen LogP contribution in [0.2, 0.25) is 0 Å². The maximum atomic E-state index is 12.2. The molecule has 1 saturated carbocycles. The van der Waals surface area contributed by atoms with Gasteiger partial charge < -0.3 is 14.6 Å². The number of aliphatic hydroxyl groups is 1. The second-order valence-corrected chi connectivity index (χ2v) is 8.33. The van der Waals surface area contributed by atoms with Crippen LogP contribution < -0.4 is 0 Å². The van der Waals surface area contributed by atoms with E-state index in [1.165, 1.54) is 12.1 Å². The lowest BCUT2D eigenvalue weighted by atomic mass is 9.87. The molecule has 152 valence electrons. The highest BCUT2D eigenvalue weighted by Gasteiger charge is 2.29. The van der Waals surface area contributed by atoms with Gasteiger partial charge in [-0.25, -0.2) is 0 Å². The molecule has 0 amide bonds. The second-order valence-electron chi connectivity index (χ2n) is 6.72. The number of hydrogen-bond donors (Lipinski definition) is 1. The predicted octanol–water partition coefficient (Wildman–Crippen LogP) is 2.20. The van der Waals surface area contributed by atoms with E-state index in [1.54, 1.807) is 19.1 Å². The van der Waals surface area contributed by atoms with Gasteiger partial charge in [-0.3, -0.25) is 8.98 Å². The Morgan fingerprint density at radius 2 is 1.81 bits per heavy atom. The van der Waals surface area contributed by atoms with E-state index in [0.717, 1.165) is 5.56 Å². The van der Waals surface area contributed by atoms with Crippen LogP contribution in [-0.4, -0.2) is 51.5 Å². The topological polar surface area (TPSA) is 99.1 Å². The van der Waals surface area contributed by atoms with Crippen molar-refractivity contribution in [2.75, 3.05) is 19.8 Å². The highest BCUT2D eigenvalue weighted by Crippen LogP contribution is 2.28. The molecule has 1 aliphatic rings. The van der Waals surface area contributed by atoms with Crippen LogP contribution in [0.1, 0.15) is 38.2 Å². The second kappa shape index (κ2) is 10.2. The SMILES string of the molecule is CCOC(=O)C1CCC(OC(CO)COS(=O)(=O)c2ccc(C)cc2)CC1. The summed E-state index contributed by atoms with van der Waals surface area (Å²) in [6.07, 6.45) is 1.75. The molecule has 0 bridgehead atoms. The Bertz CT molecular complexity index is 691. The molecule has 7 nitrogen and oxygen atoms in total. The van der Waals surface area contributed by atoms with Crippen LogP contribution >= 0.6 is 0 Å². The lowest BCUT2D eigenvalue weighted by Gasteiger charge is -2.29. The molecule has 8 heteroatoms. The molecule has 0 heterocycles. The average Bonchev–Trinajstić information content (AvgIpc) is 2.66. The van der Waals surface area contributed by atoms with Gasteiger partial charge >= 0.3 is 5.97 Å². The van der Waals surface area contributed by atoms with Crippen molar-refractivity contribution < 1.29 is 32.0 Å². The van der Waals surface area contributed by atoms with E-state index < -0.39 is 16.2 Å². The zero-order chi connectivity index (χ0) is 19.9. The smallest absolute Gasteiger partial charge is 0.308 e. The molecule has 27 heavy (non-hydrogen) atoms. The average molecular weight is 400 g/mol. The van der Waals surface area contributed by atoms with E-state index in [1.807, 2.05) is 6.92 Å². The molecule has 0 aromatic heterocycles. The first-order valence-electron chi connectivity index (χ1n) is 9.24. The quantitative estimate of drug-likeness (QED) is 0.501. The molecular weight excluding hydrogens is 372 g/mol. The summed E-state index contributed by atoms with van der Waals surface area (Å²) in [6, 6.07) is 6.35. The van der Waals surface area contributed by atoms with Crippen LogP contribution in [0.25, 0.3) is 0 Å². The van der Waals surface area contributed by atoms with Gasteiger partial charge in [0, 0.05) is 0 Å². The van der Waals surface area contributed by atoms with Crippen LogP contribution in [0.3, 0.4) is 0 Å². The molecule has 1 unspecified atom stereocenters. The minimum Gasteiger partial charge on any atom is -0.466 e. The van der Waals surface area contributed by atoms with E-state index in [2.05, 4.69) is 0 Å². The van der Waals surface area contributed by atoms with Crippen molar-refractivity contribution in [1.82, 2.24) is 0 Å². The minimum atomic E-state index is -3.90. The van der Waals surface area contributed by atoms with Crippen molar-refractivity contribution in [3.63, 3.8) is 0 Å². The number of aryl methyl sites for hydroxylation is 1. The lowest BCUT2D eigenvalue weighted by molar-refractivity contribution is -0.151. The zero-order valence-electron chi connectivity index (χ0n) is 15.8. The van der Waals surface area contributed by atoms with Crippen LogP contribution in [0.5, 0.6) is 0 Å². The Hall–Kier alpha value is -1.48. The Kier molecular flexibility index (Phi) is 8.22. The number of esters is 1. The van der Waals surface area contributed by atoms with Crippen molar-refractivity contribution in [3.8, 4) is 0 Å². The fourth-order valence-electron chi connectivity index (χ4n) is 3.04. The van der Waals surface area contributed by atoms with E-state index >= 15 is 0 Å². The van der Waals surface area contributed by atoms with Crippen LogP contribution in [0.15, 0.2) is 29.2 Å². The fraction of sp³-hybridized carbons (Fsp3) is 0.632. The van der Waals surface area contributed by atoms with Gasteiger partial charge in [0.1, 0.15) is 6.10 Å². The molecular formula is C19H28O7S. The molecule has 1 aromatic rings. The van der Waals surface area contributed by atoms with Crippen LogP contribution in [0.4, 0.5) is 0 Å². The van der Waals surface area contributed by atoms with E-state index in [-0.39, 0.29) is 36.1 Å². The number of benzene rings is 1. The first-order valence-corrected chi connectivity index (χ1v) is 10.7. The maximum Gasteiger partial charge on any atom is 0.308 e. The first-order chi connectivity index (χ1) is 12.9. The Morgan fingerprint density at radius 1 is 1.19 bits per heavy atom. The van der Waals surface area contributed by atoms with Gasteiger partial charge in [0.15, 0.2) is 0 Å². The summed E-state index contributed by atoms with van der Waals surface area (Å²) in [4.78, 5) is 11.8. The first kappa shape index (κ1) is 21.8. The number of carbonyl (C=O) groups excluding carboxylic acids is 1. The van der Waals surface area contributed by atoms with Gasteiger partial charge in [0.2, 0.25) is 0 Å². The Balaban J connectivity index is 1.82. The van der Waals surface area contributed by atoms with Gasteiger partial charge in [0.25, 0.3) is 10.1 Å². The monoisotopic (exact) mass is 400 g/mol. The highest BCUT2D eigenvalue weighted by atomic mass is 32.2. The lowest BCUT2D eigenvalue weighted by Crippen LogP contribution is -2.34. The number of aliphatic hydroxyl groups excluding tert-OH is 1.